The number of ether oxygens (including phenoxy) is 1. The molecule has 22 heavy (non-hydrogen) atoms. The average molecular weight is 346 g/mol. The van der Waals surface area contributed by atoms with Gasteiger partial charge in [-0.25, -0.2) is 0 Å². The van der Waals surface area contributed by atoms with Gasteiger partial charge < -0.3 is 10.1 Å². The van der Waals surface area contributed by atoms with Crippen LogP contribution in [0, 0.1) is 5.92 Å². The highest BCUT2D eigenvalue weighted by Crippen LogP contribution is 2.37. The number of hydrogen-bond donors (Lipinski definition) is 1. The maximum absolute atomic E-state index is 6.18. The van der Waals surface area contributed by atoms with E-state index in [4.69, 9.17) is 27.9 Å². The van der Waals surface area contributed by atoms with Crippen LogP contribution in [-0.4, -0.2) is 25.3 Å². The van der Waals surface area contributed by atoms with Crippen molar-refractivity contribution in [2.75, 3.05) is 13.2 Å². The predicted molar refractivity (Wildman–Crippen MR) is 97.2 cm³/mol. The summed E-state index contributed by atoms with van der Waals surface area (Å²) in [4.78, 5) is 0. The molecule has 1 aliphatic rings. The fraction of sp³-hybridized carbons (Fsp3) is 0.667. The second kappa shape index (κ2) is 9.77. The van der Waals surface area contributed by atoms with Gasteiger partial charge in [0.1, 0.15) is 0 Å². The number of benzene rings is 1. The van der Waals surface area contributed by atoms with Crippen LogP contribution in [0.5, 0.6) is 0 Å². The Balaban J connectivity index is 0.00000116. The fourth-order valence-electron chi connectivity index (χ4n) is 3.19. The molecule has 1 aliphatic heterocycles. The molecule has 1 saturated heterocycles. The Morgan fingerprint density at radius 3 is 2.45 bits per heavy atom. The highest BCUT2D eigenvalue weighted by atomic mass is 35.5. The first kappa shape index (κ1) is 19.8. The number of nitrogens with one attached hydrogen (secondary N) is 1. The predicted octanol–water partition coefficient (Wildman–Crippen LogP) is 5.53. The van der Waals surface area contributed by atoms with E-state index in [0.29, 0.717) is 34.0 Å². The van der Waals surface area contributed by atoms with Gasteiger partial charge in [-0.3, -0.25) is 0 Å². The minimum Gasteiger partial charge on any atom is -0.381 e. The molecule has 0 spiro atoms. The number of halogens is 2. The smallest absolute Gasteiger partial charge is 0.0595 e. The van der Waals surface area contributed by atoms with E-state index in [9.17, 15) is 0 Å². The van der Waals surface area contributed by atoms with E-state index in [1.807, 2.05) is 32.9 Å². The molecular weight excluding hydrogens is 317 g/mol. The maximum Gasteiger partial charge on any atom is 0.0595 e. The van der Waals surface area contributed by atoms with Crippen molar-refractivity contribution in [1.29, 1.82) is 0 Å². The first-order valence-corrected chi connectivity index (χ1v) is 9.07. The zero-order chi connectivity index (χ0) is 16.7. The van der Waals surface area contributed by atoms with Crippen molar-refractivity contribution in [2.45, 2.75) is 59.0 Å². The van der Waals surface area contributed by atoms with E-state index in [2.05, 4.69) is 25.2 Å². The van der Waals surface area contributed by atoms with Crippen LogP contribution in [0.4, 0.5) is 0 Å². The van der Waals surface area contributed by atoms with Crippen molar-refractivity contribution < 1.29 is 4.74 Å². The third kappa shape index (κ3) is 5.13. The first-order chi connectivity index (χ1) is 10.5. The molecular formula is C18H29Cl2NO. The van der Waals surface area contributed by atoms with E-state index >= 15 is 0 Å². The summed E-state index contributed by atoms with van der Waals surface area (Å²) >= 11 is 12.2. The minimum atomic E-state index is 0.435. The van der Waals surface area contributed by atoms with Crippen molar-refractivity contribution in [3.05, 3.63) is 33.8 Å². The van der Waals surface area contributed by atoms with Gasteiger partial charge in [-0.1, -0.05) is 43.1 Å². The molecule has 126 valence electrons. The molecule has 0 radical (unpaired) electrons. The van der Waals surface area contributed by atoms with Crippen LogP contribution in [0.1, 0.15) is 52.5 Å². The molecule has 1 aromatic carbocycles. The van der Waals surface area contributed by atoms with Crippen LogP contribution in [0.15, 0.2) is 18.2 Å². The minimum absolute atomic E-state index is 0.435. The largest absolute Gasteiger partial charge is 0.381 e. The highest BCUT2D eigenvalue weighted by molar-refractivity contribution is 6.42. The van der Waals surface area contributed by atoms with Crippen LogP contribution in [0.3, 0.4) is 0 Å². The van der Waals surface area contributed by atoms with Crippen LogP contribution in [0.25, 0.3) is 0 Å². The van der Waals surface area contributed by atoms with E-state index in [0.717, 1.165) is 19.6 Å². The van der Waals surface area contributed by atoms with Crippen LogP contribution < -0.4 is 5.32 Å². The molecule has 1 heterocycles. The zero-order valence-electron chi connectivity index (χ0n) is 14.3. The lowest BCUT2D eigenvalue weighted by molar-refractivity contribution is 0.0652. The summed E-state index contributed by atoms with van der Waals surface area (Å²) in [6.07, 6.45) is 1.10. The first-order valence-electron chi connectivity index (χ1n) is 8.31. The van der Waals surface area contributed by atoms with Crippen molar-refractivity contribution >= 4 is 23.2 Å². The van der Waals surface area contributed by atoms with Gasteiger partial charge in [0, 0.05) is 24.6 Å². The molecule has 2 rings (SSSR count). The topological polar surface area (TPSA) is 21.3 Å². The van der Waals surface area contributed by atoms with E-state index < -0.39 is 0 Å². The molecule has 0 bridgehead atoms. The summed E-state index contributed by atoms with van der Waals surface area (Å²) < 4.78 is 5.69. The Bertz CT molecular complexity index is 453. The third-order valence-corrected chi connectivity index (χ3v) is 4.94. The van der Waals surface area contributed by atoms with Crippen LogP contribution in [0.2, 0.25) is 10.0 Å². The molecule has 1 aromatic rings. The zero-order valence-corrected chi connectivity index (χ0v) is 15.8. The Morgan fingerprint density at radius 1 is 1.18 bits per heavy atom. The van der Waals surface area contributed by atoms with Crippen molar-refractivity contribution in [3.63, 3.8) is 0 Å². The van der Waals surface area contributed by atoms with Gasteiger partial charge in [-0.15, -0.1) is 0 Å². The molecule has 1 N–H and O–H groups in total. The quantitative estimate of drug-likeness (QED) is 0.774. The maximum atomic E-state index is 6.18. The average Bonchev–Trinajstić information content (AvgIpc) is 2.50. The highest BCUT2D eigenvalue weighted by Gasteiger charge is 2.34. The SMILES string of the molecule is CC.CCOC[C@H]1C(C)NC(C)CC1c1ccc(Cl)c(Cl)c1. The fourth-order valence-corrected chi connectivity index (χ4v) is 3.49. The van der Waals surface area contributed by atoms with Crippen LogP contribution >= 0.6 is 23.2 Å². The van der Waals surface area contributed by atoms with E-state index in [-0.39, 0.29) is 0 Å². The Morgan fingerprint density at radius 2 is 1.86 bits per heavy atom. The summed E-state index contributed by atoms with van der Waals surface area (Å²) in [5.41, 5.74) is 1.27. The van der Waals surface area contributed by atoms with Crippen molar-refractivity contribution in [2.24, 2.45) is 5.92 Å². The van der Waals surface area contributed by atoms with E-state index in [1.165, 1.54) is 5.56 Å². The van der Waals surface area contributed by atoms with E-state index in [1.54, 1.807) is 0 Å². The molecule has 1 fully saturated rings. The summed E-state index contributed by atoms with van der Waals surface area (Å²) in [5.74, 6) is 0.922. The normalized spacial score (nSPS) is 28.0. The Kier molecular flexibility index (Phi) is 8.78. The molecule has 4 heteroatoms. The van der Waals surface area contributed by atoms with Gasteiger partial charge in [0.25, 0.3) is 0 Å². The molecule has 0 saturated carbocycles. The lowest BCUT2D eigenvalue weighted by atomic mass is 9.75. The molecule has 0 amide bonds. The molecule has 4 atom stereocenters. The lowest BCUT2D eigenvalue weighted by Crippen LogP contribution is -2.49. The number of hydrogen-bond acceptors (Lipinski definition) is 2. The summed E-state index contributed by atoms with van der Waals surface area (Å²) in [5, 5.41) is 4.88. The standard InChI is InChI=1S/C16H23Cl2NO.C2H6/c1-4-20-9-14-11(3)19-10(2)7-13(14)12-5-6-15(17)16(18)8-12;1-2/h5-6,8,10-11,13-14,19H,4,7,9H2,1-3H3;1-2H3/t10?,11?,13?,14-;/m0./s1. The monoisotopic (exact) mass is 345 g/mol. The van der Waals surface area contributed by atoms with Gasteiger partial charge >= 0.3 is 0 Å². The second-order valence-corrected chi connectivity index (χ2v) is 6.51. The number of rotatable bonds is 4. The molecule has 3 unspecified atom stereocenters. The Hall–Kier alpha value is -0.280. The summed E-state index contributed by atoms with van der Waals surface area (Å²) in [7, 11) is 0. The summed E-state index contributed by atoms with van der Waals surface area (Å²) in [6.45, 7) is 12.1. The van der Waals surface area contributed by atoms with Crippen molar-refractivity contribution in [1.82, 2.24) is 5.32 Å². The number of piperidine rings is 1. The van der Waals surface area contributed by atoms with Gasteiger partial charge in [-0.05, 0) is 50.8 Å². The molecule has 0 aliphatic carbocycles. The van der Waals surface area contributed by atoms with Gasteiger partial charge in [-0.2, -0.15) is 0 Å². The molecule has 0 aromatic heterocycles. The second-order valence-electron chi connectivity index (χ2n) is 5.70. The van der Waals surface area contributed by atoms with Gasteiger partial charge in [0.05, 0.1) is 16.7 Å². The summed E-state index contributed by atoms with van der Waals surface area (Å²) in [6, 6.07) is 6.95. The van der Waals surface area contributed by atoms with Crippen molar-refractivity contribution in [3.8, 4) is 0 Å². The molecule has 2 nitrogen and oxygen atoms in total. The van der Waals surface area contributed by atoms with Gasteiger partial charge in [0.15, 0.2) is 0 Å². The lowest BCUT2D eigenvalue weighted by Gasteiger charge is -2.41. The Labute approximate surface area is 145 Å². The third-order valence-electron chi connectivity index (χ3n) is 4.20. The van der Waals surface area contributed by atoms with Gasteiger partial charge in [0.2, 0.25) is 0 Å². The van der Waals surface area contributed by atoms with Crippen LogP contribution in [-0.2, 0) is 4.74 Å².